The lowest BCUT2D eigenvalue weighted by molar-refractivity contribution is -0.175. The fourth-order valence-corrected chi connectivity index (χ4v) is 1.74. The summed E-state index contributed by atoms with van der Waals surface area (Å²) in [5, 5.41) is 11.1. The van der Waals surface area contributed by atoms with Gasteiger partial charge in [0.2, 0.25) is 5.91 Å². The Morgan fingerprint density at radius 3 is 2.50 bits per heavy atom. The highest BCUT2D eigenvalue weighted by atomic mass is 19.4. The van der Waals surface area contributed by atoms with Gasteiger partial charge < -0.3 is 19.9 Å². The number of rotatable bonds is 6. The summed E-state index contributed by atoms with van der Waals surface area (Å²) in [5.41, 5.74) is 0. The van der Waals surface area contributed by atoms with E-state index in [4.69, 9.17) is 9.84 Å². The number of hydrogen-bond acceptors (Lipinski definition) is 4. The Morgan fingerprint density at radius 1 is 1.40 bits per heavy atom. The van der Waals surface area contributed by atoms with Crippen LogP contribution in [-0.4, -0.2) is 54.6 Å². The second-order valence-electron chi connectivity index (χ2n) is 4.57. The first-order chi connectivity index (χ1) is 9.19. The Kier molecular flexibility index (Phi) is 5.75. The number of carbonyl (C=O) groups is 2. The van der Waals surface area contributed by atoms with Crippen molar-refractivity contribution in [3.05, 3.63) is 0 Å². The van der Waals surface area contributed by atoms with Gasteiger partial charge in [-0.1, -0.05) is 0 Å². The second kappa shape index (κ2) is 6.89. The third-order valence-corrected chi connectivity index (χ3v) is 2.61. The zero-order valence-corrected chi connectivity index (χ0v) is 10.8. The summed E-state index contributed by atoms with van der Waals surface area (Å²) in [7, 11) is 0. The molecule has 0 aromatic carbocycles. The van der Waals surface area contributed by atoms with Crippen LogP contribution in [0.3, 0.4) is 0 Å². The molecule has 6 nitrogen and oxygen atoms in total. The molecule has 1 fully saturated rings. The largest absolute Gasteiger partial charge is 0.479 e. The number of ether oxygens (including phenoxy) is 2. The zero-order chi connectivity index (χ0) is 15.3. The van der Waals surface area contributed by atoms with Gasteiger partial charge in [0.25, 0.3) is 0 Å². The summed E-state index contributed by atoms with van der Waals surface area (Å²) in [5.74, 6) is -1.68. The van der Waals surface area contributed by atoms with Gasteiger partial charge in [0.1, 0.15) is 12.7 Å². The Morgan fingerprint density at radius 2 is 2.00 bits per heavy atom. The van der Waals surface area contributed by atoms with Crippen LogP contribution >= 0.6 is 0 Å². The minimum absolute atomic E-state index is 0.229. The molecule has 1 aliphatic heterocycles. The lowest BCUT2D eigenvalue weighted by atomic mass is 10.2. The Labute approximate surface area is 113 Å². The number of amides is 1. The molecule has 0 radical (unpaired) electrons. The van der Waals surface area contributed by atoms with Crippen molar-refractivity contribution < 1.29 is 37.3 Å². The van der Waals surface area contributed by atoms with Gasteiger partial charge in [-0.25, -0.2) is 4.79 Å². The van der Waals surface area contributed by atoms with E-state index < -0.39 is 42.9 Å². The van der Waals surface area contributed by atoms with E-state index in [0.29, 0.717) is 0 Å². The standard InChI is InChI=1S/C11H16F3NO5/c1-6(4-19-5-11(12,13)14)15-9(16)7-2-3-8(20-7)10(17)18/h6-8H,2-5H2,1H3,(H,15,16)(H,17,18)/t6?,7-,8+/m0/s1. The Balaban J connectivity index is 2.27. The molecule has 116 valence electrons. The number of hydrogen-bond donors (Lipinski definition) is 2. The van der Waals surface area contributed by atoms with Gasteiger partial charge in [0.15, 0.2) is 6.10 Å². The fourth-order valence-electron chi connectivity index (χ4n) is 1.74. The highest BCUT2D eigenvalue weighted by Gasteiger charge is 2.35. The normalized spacial score (nSPS) is 24.4. The van der Waals surface area contributed by atoms with Crippen molar-refractivity contribution >= 4 is 11.9 Å². The molecule has 0 aliphatic carbocycles. The maximum Gasteiger partial charge on any atom is 0.411 e. The molecule has 0 aromatic heterocycles. The van der Waals surface area contributed by atoms with Crippen molar-refractivity contribution in [2.45, 2.75) is 44.2 Å². The highest BCUT2D eigenvalue weighted by molar-refractivity contribution is 5.82. The molecule has 1 unspecified atom stereocenters. The maximum atomic E-state index is 11.8. The van der Waals surface area contributed by atoms with Crippen molar-refractivity contribution in [1.29, 1.82) is 0 Å². The van der Waals surface area contributed by atoms with Crippen LogP contribution in [0.4, 0.5) is 13.2 Å². The third-order valence-electron chi connectivity index (χ3n) is 2.61. The summed E-state index contributed by atoms with van der Waals surface area (Å²) >= 11 is 0. The Hall–Kier alpha value is -1.35. The van der Waals surface area contributed by atoms with Crippen LogP contribution in [0, 0.1) is 0 Å². The molecule has 20 heavy (non-hydrogen) atoms. The van der Waals surface area contributed by atoms with Crippen LogP contribution < -0.4 is 5.32 Å². The van der Waals surface area contributed by atoms with E-state index in [0.717, 1.165) is 0 Å². The second-order valence-corrected chi connectivity index (χ2v) is 4.57. The number of carbonyl (C=O) groups excluding carboxylic acids is 1. The fraction of sp³-hybridized carbons (Fsp3) is 0.818. The predicted octanol–water partition coefficient (Wildman–Crippen LogP) is 0.702. The molecule has 1 amide bonds. The van der Waals surface area contributed by atoms with Crippen molar-refractivity contribution in [2.75, 3.05) is 13.2 Å². The van der Waals surface area contributed by atoms with Crippen LogP contribution in [0.25, 0.3) is 0 Å². The van der Waals surface area contributed by atoms with E-state index in [-0.39, 0.29) is 19.4 Å². The number of nitrogens with one attached hydrogen (secondary N) is 1. The average molecular weight is 299 g/mol. The molecule has 3 atom stereocenters. The topological polar surface area (TPSA) is 84.9 Å². The Bertz CT molecular complexity index is 360. The summed E-state index contributed by atoms with van der Waals surface area (Å²) in [6.07, 6.45) is -5.82. The monoisotopic (exact) mass is 299 g/mol. The van der Waals surface area contributed by atoms with Crippen LogP contribution in [0.1, 0.15) is 19.8 Å². The van der Waals surface area contributed by atoms with E-state index in [1.807, 2.05) is 0 Å². The molecule has 1 aliphatic rings. The van der Waals surface area contributed by atoms with Crippen LogP contribution in [0.2, 0.25) is 0 Å². The molecule has 1 heterocycles. The molecule has 2 N–H and O–H groups in total. The van der Waals surface area contributed by atoms with Crippen LogP contribution in [0.15, 0.2) is 0 Å². The first kappa shape index (κ1) is 16.7. The van der Waals surface area contributed by atoms with Crippen molar-refractivity contribution in [3.63, 3.8) is 0 Å². The quantitative estimate of drug-likeness (QED) is 0.754. The van der Waals surface area contributed by atoms with Crippen LogP contribution in [-0.2, 0) is 19.1 Å². The van der Waals surface area contributed by atoms with E-state index in [2.05, 4.69) is 10.1 Å². The average Bonchev–Trinajstić information content (AvgIpc) is 2.76. The van der Waals surface area contributed by atoms with Gasteiger partial charge in [-0.3, -0.25) is 4.79 Å². The maximum absolute atomic E-state index is 11.8. The highest BCUT2D eigenvalue weighted by Crippen LogP contribution is 2.20. The van der Waals surface area contributed by atoms with E-state index in [9.17, 15) is 22.8 Å². The first-order valence-electron chi connectivity index (χ1n) is 6.02. The molecule has 0 aromatic rings. The molecule has 1 saturated heterocycles. The molecule has 9 heteroatoms. The third kappa shape index (κ3) is 5.74. The van der Waals surface area contributed by atoms with Gasteiger partial charge in [-0.15, -0.1) is 0 Å². The van der Waals surface area contributed by atoms with Crippen molar-refractivity contribution in [3.8, 4) is 0 Å². The number of halogens is 3. The number of carboxylic acids is 1. The zero-order valence-electron chi connectivity index (χ0n) is 10.8. The van der Waals surface area contributed by atoms with Gasteiger partial charge in [-0.05, 0) is 19.8 Å². The molecule has 0 saturated carbocycles. The minimum Gasteiger partial charge on any atom is -0.479 e. The predicted molar refractivity (Wildman–Crippen MR) is 60.0 cm³/mol. The lowest BCUT2D eigenvalue weighted by Crippen LogP contribution is -2.42. The molecule has 0 spiro atoms. The van der Waals surface area contributed by atoms with Crippen LogP contribution in [0.5, 0.6) is 0 Å². The van der Waals surface area contributed by atoms with Gasteiger partial charge in [0, 0.05) is 6.04 Å². The van der Waals surface area contributed by atoms with E-state index >= 15 is 0 Å². The summed E-state index contributed by atoms with van der Waals surface area (Å²) < 4.78 is 45.0. The first-order valence-corrected chi connectivity index (χ1v) is 6.02. The minimum atomic E-state index is -4.41. The van der Waals surface area contributed by atoms with E-state index in [1.54, 1.807) is 0 Å². The summed E-state index contributed by atoms with van der Waals surface area (Å²) in [4.78, 5) is 22.3. The molecule has 1 rings (SSSR count). The number of aliphatic carboxylic acids is 1. The summed E-state index contributed by atoms with van der Waals surface area (Å²) in [6, 6.07) is -0.627. The summed E-state index contributed by atoms with van der Waals surface area (Å²) in [6.45, 7) is -0.188. The number of alkyl halides is 3. The van der Waals surface area contributed by atoms with Crippen molar-refractivity contribution in [1.82, 2.24) is 5.32 Å². The van der Waals surface area contributed by atoms with Crippen molar-refractivity contribution in [2.24, 2.45) is 0 Å². The molecule has 0 bridgehead atoms. The van der Waals surface area contributed by atoms with Gasteiger partial charge in [0.05, 0.1) is 6.61 Å². The smallest absolute Gasteiger partial charge is 0.411 e. The SMILES string of the molecule is CC(COCC(F)(F)F)NC(=O)[C@@H]1CC[C@H](C(=O)O)O1. The van der Waals surface area contributed by atoms with E-state index in [1.165, 1.54) is 6.92 Å². The van der Waals surface area contributed by atoms with Gasteiger partial charge in [-0.2, -0.15) is 13.2 Å². The molecular weight excluding hydrogens is 283 g/mol. The number of carboxylic acid groups (broad SMARTS) is 1. The molecular formula is C11H16F3NO5. The lowest BCUT2D eigenvalue weighted by Gasteiger charge is -2.17. The van der Waals surface area contributed by atoms with Gasteiger partial charge >= 0.3 is 12.1 Å².